The first-order valence-corrected chi connectivity index (χ1v) is 7.14. The second kappa shape index (κ2) is 7.56. The molecule has 4 N–H and O–H groups in total. The second-order valence-electron chi connectivity index (χ2n) is 5.18. The van der Waals surface area contributed by atoms with Crippen LogP contribution in [0.1, 0.15) is 18.1 Å². The van der Waals surface area contributed by atoms with Crippen molar-refractivity contribution in [2.45, 2.75) is 26.1 Å². The van der Waals surface area contributed by atoms with Crippen LogP contribution in [0.15, 0.2) is 48.5 Å². The van der Waals surface area contributed by atoms with Crippen LogP contribution in [-0.2, 0) is 17.9 Å². The fraction of sp³-hybridized carbons (Fsp3) is 0.235. The Morgan fingerprint density at radius 2 is 1.59 bits per heavy atom. The SMILES string of the molecule is CC(NCc1ccc(NCc2ccc(F)cc2)cc1)C(N)=O. The predicted octanol–water partition coefficient (Wildman–Crippen LogP) is 2.40. The lowest BCUT2D eigenvalue weighted by Crippen LogP contribution is -2.38. The Labute approximate surface area is 129 Å². The summed E-state index contributed by atoms with van der Waals surface area (Å²) in [6, 6.07) is 14.0. The molecule has 0 aliphatic heterocycles. The molecule has 0 fully saturated rings. The third-order valence-electron chi connectivity index (χ3n) is 3.40. The average Bonchev–Trinajstić information content (AvgIpc) is 2.53. The Kier molecular flexibility index (Phi) is 5.49. The molecular formula is C17H20FN3O. The molecule has 0 saturated carbocycles. The topological polar surface area (TPSA) is 67.2 Å². The van der Waals surface area contributed by atoms with E-state index in [0.29, 0.717) is 13.1 Å². The lowest BCUT2D eigenvalue weighted by atomic mass is 10.1. The molecule has 2 aromatic carbocycles. The minimum Gasteiger partial charge on any atom is -0.381 e. The van der Waals surface area contributed by atoms with Crippen molar-refractivity contribution in [1.82, 2.24) is 5.32 Å². The van der Waals surface area contributed by atoms with E-state index in [1.54, 1.807) is 19.1 Å². The Morgan fingerprint density at radius 1 is 1.05 bits per heavy atom. The van der Waals surface area contributed by atoms with Gasteiger partial charge in [0.1, 0.15) is 5.82 Å². The zero-order valence-electron chi connectivity index (χ0n) is 12.5. The molecule has 2 aromatic rings. The molecule has 0 aliphatic carbocycles. The predicted molar refractivity (Wildman–Crippen MR) is 85.7 cm³/mol. The van der Waals surface area contributed by atoms with Crippen LogP contribution in [0, 0.1) is 5.82 Å². The molecule has 0 spiro atoms. The summed E-state index contributed by atoms with van der Waals surface area (Å²) < 4.78 is 12.8. The van der Waals surface area contributed by atoms with Crippen molar-refractivity contribution in [3.05, 3.63) is 65.5 Å². The maximum Gasteiger partial charge on any atom is 0.234 e. The molecule has 4 nitrogen and oxygen atoms in total. The number of hydrogen-bond acceptors (Lipinski definition) is 3. The van der Waals surface area contributed by atoms with Gasteiger partial charge in [0.05, 0.1) is 6.04 Å². The summed E-state index contributed by atoms with van der Waals surface area (Å²) >= 11 is 0. The molecular weight excluding hydrogens is 281 g/mol. The summed E-state index contributed by atoms with van der Waals surface area (Å²) in [7, 11) is 0. The maximum atomic E-state index is 12.8. The van der Waals surface area contributed by atoms with Gasteiger partial charge >= 0.3 is 0 Å². The number of halogens is 1. The second-order valence-corrected chi connectivity index (χ2v) is 5.18. The van der Waals surface area contributed by atoms with E-state index in [2.05, 4.69) is 10.6 Å². The smallest absolute Gasteiger partial charge is 0.234 e. The van der Waals surface area contributed by atoms with E-state index in [4.69, 9.17) is 5.73 Å². The number of hydrogen-bond donors (Lipinski definition) is 3. The number of carbonyl (C=O) groups excluding carboxylic acids is 1. The van der Waals surface area contributed by atoms with Crippen LogP contribution in [0.2, 0.25) is 0 Å². The largest absolute Gasteiger partial charge is 0.381 e. The number of benzene rings is 2. The number of amides is 1. The lowest BCUT2D eigenvalue weighted by Gasteiger charge is -2.11. The van der Waals surface area contributed by atoms with Gasteiger partial charge in [-0.1, -0.05) is 24.3 Å². The number of carbonyl (C=O) groups is 1. The molecule has 0 radical (unpaired) electrons. The van der Waals surface area contributed by atoms with Crippen LogP contribution in [0.4, 0.5) is 10.1 Å². The van der Waals surface area contributed by atoms with E-state index in [-0.39, 0.29) is 17.8 Å². The summed E-state index contributed by atoms with van der Waals surface area (Å²) in [6.07, 6.45) is 0. The van der Waals surface area contributed by atoms with Crippen LogP contribution in [0.5, 0.6) is 0 Å². The first kappa shape index (κ1) is 16.0. The van der Waals surface area contributed by atoms with Crippen molar-refractivity contribution < 1.29 is 9.18 Å². The molecule has 22 heavy (non-hydrogen) atoms. The van der Waals surface area contributed by atoms with E-state index in [0.717, 1.165) is 16.8 Å². The van der Waals surface area contributed by atoms with Crippen molar-refractivity contribution in [3.8, 4) is 0 Å². The van der Waals surface area contributed by atoms with Crippen molar-refractivity contribution >= 4 is 11.6 Å². The minimum atomic E-state index is -0.363. The summed E-state index contributed by atoms with van der Waals surface area (Å²) in [4.78, 5) is 10.9. The standard InChI is InChI=1S/C17H20FN3O/c1-12(17(19)22)20-10-14-4-8-16(9-5-14)21-11-13-2-6-15(18)7-3-13/h2-9,12,20-21H,10-11H2,1H3,(H2,19,22). The Balaban J connectivity index is 1.83. The summed E-state index contributed by atoms with van der Waals surface area (Å²) in [5.74, 6) is -0.594. The van der Waals surface area contributed by atoms with Gasteiger partial charge in [0.2, 0.25) is 5.91 Å². The monoisotopic (exact) mass is 301 g/mol. The molecule has 1 unspecified atom stereocenters. The van der Waals surface area contributed by atoms with E-state index in [1.165, 1.54) is 12.1 Å². The van der Waals surface area contributed by atoms with E-state index in [1.807, 2.05) is 24.3 Å². The molecule has 0 saturated heterocycles. The van der Waals surface area contributed by atoms with E-state index < -0.39 is 0 Å². The van der Waals surface area contributed by atoms with Gasteiger partial charge in [0, 0.05) is 18.8 Å². The van der Waals surface area contributed by atoms with Crippen LogP contribution in [0.3, 0.4) is 0 Å². The van der Waals surface area contributed by atoms with Gasteiger partial charge in [-0.15, -0.1) is 0 Å². The van der Waals surface area contributed by atoms with Gasteiger partial charge in [0.15, 0.2) is 0 Å². The Bertz CT molecular complexity index is 611. The number of anilines is 1. The maximum absolute atomic E-state index is 12.8. The van der Waals surface area contributed by atoms with Crippen molar-refractivity contribution in [3.63, 3.8) is 0 Å². The fourth-order valence-electron chi connectivity index (χ4n) is 1.92. The number of primary amides is 1. The third kappa shape index (κ3) is 4.86. The van der Waals surface area contributed by atoms with Crippen molar-refractivity contribution in [1.29, 1.82) is 0 Å². The van der Waals surface area contributed by atoms with Crippen LogP contribution in [-0.4, -0.2) is 11.9 Å². The molecule has 1 atom stereocenters. The van der Waals surface area contributed by atoms with Gasteiger partial charge < -0.3 is 16.4 Å². The Morgan fingerprint density at radius 3 is 2.18 bits per heavy atom. The quantitative estimate of drug-likeness (QED) is 0.735. The first-order valence-electron chi connectivity index (χ1n) is 7.14. The van der Waals surface area contributed by atoms with Gasteiger partial charge in [-0.25, -0.2) is 4.39 Å². The van der Waals surface area contributed by atoms with Crippen LogP contribution >= 0.6 is 0 Å². The van der Waals surface area contributed by atoms with Gasteiger partial charge in [-0.2, -0.15) is 0 Å². The number of rotatable bonds is 7. The summed E-state index contributed by atoms with van der Waals surface area (Å²) in [5.41, 5.74) is 8.26. The van der Waals surface area contributed by atoms with E-state index >= 15 is 0 Å². The van der Waals surface area contributed by atoms with Crippen LogP contribution in [0.25, 0.3) is 0 Å². The highest BCUT2D eigenvalue weighted by Crippen LogP contribution is 2.12. The van der Waals surface area contributed by atoms with E-state index in [9.17, 15) is 9.18 Å². The zero-order chi connectivity index (χ0) is 15.9. The van der Waals surface area contributed by atoms with Crippen molar-refractivity contribution in [2.75, 3.05) is 5.32 Å². The molecule has 0 heterocycles. The lowest BCUT2D eigenvalue weighted by molar-refractivity contribution is -0.119. The zero-order valence-corrected chi connectivity index (χ0v) is 12.5. The normalized spacial score (nSPS) is 11.9. The van der Waals surface area contributed by atoms with Crippen molar-refractivity contribution in [2.24, 2.45) is 5.73 Å². The third-order valence-corrected chi connectivity index (χ3v) is 3.40. The summed E-state index contributed by atoms with van der Waals surface area (Å²) in [6.45, 7) is 2.96. The van der Waals surface area contributed by atoms with Gasteiger partial charge in [0.25, 0.3) is 0 Å². The minimum absolute atomic E-state index is 0.231. The molecule has 2 rings (SSSR count). The summed E-state index contributed by atoms with van der Waals surface area (Å²) in [5, 5.41) is 6.32. The highest BCUT2D eigenvalue weighted by atomic mass is 19.1. The molecule has 0 aliphatic rings. The average molecular weight is 301 g/mol. The highest BCUT2D eigenvalue weighted by Gasteiger charge is 2.06. The highest BCUT2D eigenvalue weighted by molar-refractivity contribution is 5.79. The number of nitrogens with two attached hydrogens (primary N) is 1. The fourth-order valence-corrected chi connectivity index (χ4v) is 1.92. The molecule has 1 amide bonds. The number of nitrogens with one attached hydrogen (secondary N) is 2. The van der Waals surface area contributed by atoms with Gasteiger partial charge in [-0.05, 0) is 42.3 Å². The Hall–Kier alpha value is -2.40. The molecule has 116 valence electrons. The molecule has 5 heteroatoms. The van der Waals surface area contributed by atoms with Crippen LogP contribution < -0.4 is 16.4 Å². The molecule has 0 bridgehead atoms. The first-order chi connectivity index (χ1) is 10.5. The van der Waals surface area contributed by atoms with Gasteiger partial charge in [-0.3, -0.25) is 4.79 Å². The molecule has 0 aromatic heterocycles.